The highest BCUT2D eigenvalue weighted by molar-refractivity contribution is 5.76. The zero-order chi connectivity index (χ0) is 19.7. The van der Waals surface area contributed by atoms with E-state index in [4.69, 9.17) is 0 Å². The number of nitrogens with zero attached hydrogens (tertiary/aromatic N) is 2. The number of pyridine rings is 1. The first-order chi connectivity index (χ1) is 12.7. The molecule has 2 nitrogen and oxygen atoms in total. The summed E-state index contributed by atoms with van der Waals surface area (Å²) >= 11 is 0. The predicted molar refractivity (Wildman–Crippen MR) is 88.9 cm³/mol. The van der Waals surface area contributed by atoms with Crippen molar-refractivity contribution in [3.63, 3.8) is 0 Å². The molecular formula is C19H12F6N2. The minimum absolute atomic E-state index is 0.357. The second kappa shape index (κ2) is 6.94. The van der Waals surface area contributed by atoms with Crippen molar-refractivity contribution in [1.29, 1.82) is 0 Å². The smallest absolute Gasteiger partial charge is 0.309 e. The molecule has 3 aromatic rings. The van der Waals surface area contributed by atoms with Crippen molar-refractivity contribution in [2.75, 3.05) is 4.90 Å². The van der Waals surface area contributed by atoms with Gasteiger partial charge in [0.05, 0.1) is 23.0 Å². The number of hydrogen-bond acceptors (Lipinski definition) is 2. The lowest BCUT2D eigenvalue weighted by Gasteiger charge is -2.25. The Bertz CT molecular complexity index is 827. The van der Waals surface area contributed by atoms with E-state index in [1.807, 2.05) is 0 Å². The number of anilines is 3. The number of aromatic nitrogens is 1. The Morgan fingerprint density at radius 3 is 1.37 bits per heavy atom. The number of hydrogen-bond donors (Lipinski definition) is 0. The molecule has 0 spiro atoms. The lowest BCUT2D eigenvalue weighted by Crippen LogP contribution is -2.12. The Morgan fingerprint density at radius 1 is 0.593 bits per heavy atom. The fourth-order valence-corrected chi connectivity index (χ4v) is 2.53. The van der Waals surface area contributed by atoms with Gasteiger partial charge in [0, 0.05) is 17.6 Å². The predicted octanol–water partition coefficient (Wildman–Crippen LogP) is 6.59. The van der Waals surface area contributed by atoms with Gasteiger partial charge in [0.2, 0.25) is 0 Å². The van der Waals surface area contributed by atoms with Crippen LogP contribution in [-0.4, -0.2) is 4.98 Å². The summed E-state index contributed by atoms with van der Waals surface area (Å²) in [6.45, 7) is 0. The maximum atomic E-state index is 12.8. The van der Waals surface area contributed by atoms with Gasteiger partial charge >= 0.3 is 12.4 Å². The lowest BCUT2D eigenvalue weighted by molar-refractivity contribution is -0.138. The van der Waals surface area contributed by atoms with Crippen LogP contribution in [0.5, 0.6) is 0 Å². The molecule has 0 saturated carbocycles. The van der Waals surface area contributed by atoms with Crippen molar-refractivity contribution >= 4 is 17.1 Å². The van der Waals surface area contributed by atoms with Crippen LogP contribution in [0.1, 0.15) is 11.1 Å². The fraction of sp³-hybridized carbons (Fsp3) is 0.105. The Labute approximate surface area is 150 Å². The first-order valence-electron chi connectivity index (χ1n) is 7.71. The minimum atomic E-state index is -4.48. The van der Waals surface area contributed by atoms with E-state index in [2.05, 4.69) is 4.98 Å². The summed E-state index contributed by atoms with van der Waals surface area (Å²) in [5.74, 6) is 0. The van der Waals surface area contributed by atoms with Gasteiger partial charge in [0.1, 0.15) is 0 Å². The van der Waals surface area contributed by atoms with Crippen LogP contribution in [0.25, 0.3) is 0 Å². The van der Waals surface area contributed by atoms with E-state index >= 15 is 0 Å². The quantitative estimate of drug-likeness (QED) is 0.475. The summed E-state index contributed by atoms with van der Waals surface area (Å²) in [7, 11) is 0. The van der Waals surface area contributed by atoms with Crippen LogP contribution in [0.4, 0.5) is 43.4 Å². The topological polar surface area (TPSA) is 16.1 Å². The molecule has 0 aliphatic carbocycles. The molecule has 27 heavy (non-hydrogen) atoms. The molecule has 0 amide bonds. The molecule has 0 aliphatic rings. The van der Waals surface area contributed by atoms with E-state index in [0.717, 1.165) is 24.3 Å². The maximum Gasteiger partial charge on any atom is 0.416 e. The lowest BCUT2D eigenvalue weighted by atomic mass is 10.1. The SMILES string of the molecule is FC(F)(F)c1ccc(N(c2ccc(C(F)(F)F)cc2)c2cccnc2)cc1. The van der Waals surface area contributed by atoms with Crippen LogP contribution in [0.15, 0.2) is 73.1 Å². The third kappa shape index (κ3) is 4.21. The van der Waals surface area contributed by atoms with Gasteiger partial charge in [-0.1, -0.05) is 0 Å². The van der Waals surface area contributed by atoms with Gasteiger partial charge in [-0.3, -0.25) is 4.98 Å². The van der Waals surface area contributed by atoms with Gasteiger partial charge in [-0.2, -0.15) is 26.3 Å². The molecule has 0 radical (unpaired) electrons. The van der Waals surface area contributed by atoms with Crippen LogP contribution in [-0.2, 0) is 12.4 Å². The molecule has 140 valence electrons. The first kappa shape index (κ1) is 18.8. The van der Waals surface area contributed by atoms with Crippen LogP contribution in [0.3, 0.4) is 0 Å². The highest BCUT2D eigenvalue weighted by Crippen LogP contribution is 2.38. The molecule has 3 rings (SSSR count). The molecule has 0 N–H and O–H groups in total. The Balaban J connectivity index is 2.05. The average molecular weight is 382 g/mol. The highest BCUT2D eigenvalue weighted by Gasteiger charge is 2.31. The molecule has 0 saturated heterocycles. The first-order valence-corrected chi connectivity index (χ1v) is 7.71. The monoisotopic (exact) mass is 382 g/mol. The minimum Gasteiger partial charge on any atom is -0.309 e. The van der Waals surface area contributed by atoms with Gasteiger partial charge in [-0.05, 0) is 60.7 Å². The van der Waals surface area contributed by atoms with Crippen molar-refractivity contribution in [1.82, 2.24) is 4.98 Å². The summed E-state index contributed by atoms with van der Waals surface area (Å²) in [5.41, 5.74) is -0.418. The fourth-order valence-electron chi connectivity index (χ4n) is 2.53. The molecule has 2 aromatic carbocycles. The average Bonchev–Trinajstić information content (AvgIpc) is 2.62. The van der Waals surface area contributed by atoms with Crippen molar-refractivity contribution < 1.29 is 26.3 Å². The van der Waals surface area contributed by atoms with E-state index in [1.165, 1.54) is 41.6 Å². The van der Waals surface area contributed by atoms with Gasteiger partial charge in [-0.25, -0.2) is 0 Å². The molecule has 8 heteroatoms. The van der Waals surface area contributed by atoms with Crippen molar-refractivity contribution in [3.8, 4) is 0 Å². The third-order valence-corrected chi connectivity index (χ3v) is 3.81. The Kier molecular flexibility index (Phi) is 4.82. The molecule has 1 aromatic heterocycles. The molecule has 0 bridgehead atoms. The van der Waals surface area contributed by atoms with Gasteiger partial charge in [0.15, 0.2) is 0 Å². The van der Waals surface area contributed by atoms with E-state index in [1.54, 1.807) is 12.1 Å². The summed E-state index contributed by atoms with van der Waals surface area (Å²) in [4.78, 5) is 5.49. The number of alkyl halides is 6. The molecule has 0 aliphatic heterocycles. The van der Waals surface area contributed by atoms with Gasteiger partial charge < -0.3 is 4.90 Å². The van der Waals surface area contributed by atoms with E-state index in [9.17, 15) is 26.3 Å². The third-order valence-electron chi connectivity index (χ3n) is 3.81. The zero-order valence-electron chi connectivity index (χ0n) is 13.6. The number of halogens is 6. The second-order valence-corrected chi connectivity index (χ2v) is 5.64. The number of rotatable bonds is 3. The Hall–Kier alpha value is -3.03. The molecule has 0 atom stereocenters. The summed E-state index contributed by atoms with van der Waals surface area (Å²) in [6.07, 6.45) is -5.98. The van der Waals surface area contributed by atoms with Crippen LogP contribution in [0.2, 0.25) is 0 Å². The summed E-state index contributed by atoms with van der Waals surface area (Å²) < 4.78 is 76.8. The van der Waals surface area contributed by atoms with Crippen molar-refractivity contribution in [2.24, 2.45) is 0 Å². The molecule has 0 unspecified atom stereocenters. The van der Waals surface area contributed by atoms with E-state index in [-0.39, 0.29) is 0 Å². The summed E-state index contributed by atoms with van der Waals surface area (Å²) in [6, 6.07) is 12.0. The van der Waals surface area contributed by atoms with E-state index < -0.39 is 23.5 Å². The second-order valence-electron chi connectivity index (χ2n) is 5.64. The highest BCUT2D eigenvalue weighted by atomic mass is 19.4. The van der Waals surface area contributed by atoms with Crippen LogP contribution >= 0.6 is 0 Å². The molecular weight excluding hydrogens is 370 g/mol. The number of benzene rings is 2. The van der Waals surface area contributed by atoms with Crippen molar-refractivity contribution in [2.45, 2.75) is 12.4 Å². The summed E-state index contributed by atoms with van der Waals surface area (Å²) in [5, 5.41) is 0. The largest absolute Gasteiger partial charge is 0.416 e. The Morgan fingerprint density at radius 2 is 1.04 bits per heavy atom. The van der Waals surface area contributed by atoms with Gasteiger partial charge in [0.25, 0.3) is 0 Å². The van der Waals surface area contributed by atoms with Crippen molar-refractivity contribution in [3.05, 3.63) is 84.2 Å². The van der Waals surface area contributed by atoms with Crippen LogP contribution < -0.4 is 4.90 Å². The maximum absolute atomic E-state index is 12.8. The standard InChI is InChI=1S/C19H12F6N2/c20-18(21,22)13-3-7-15(8-4-13)27(17-2-1-11-26-12-17)16-9-5-14(6-10-16)19(23,24)25/h1-12H. The normalized spacial score (nSPS) is 12.1. The molecule has 1 heterocycles. The van der Waals surface area contributed by atoms with Crippen LogP contribution in [0, 0.1) is 0 Å². The zero-order valence-corrected chi connectivity index (χ0v) is 13.6. The van der Waals surface area contributed by atoms with Gasteiger partial charge in [-0.15, -0.1) is 0 Å². The molecule has 0 fully saturated rings. The van der Waals surface area contributed by atoms with E-state index in [0.29, 0.717) is 17.1 Å².